The van der Waals surface area contributed by atoms with Gasteiger partial charge in [-0.15, -0.1) is 0 Å². The first-order valence-electron chi connectivity index (χ1n) is 3.95. The van der Waals surface area contributed by atoms with Gasteiger partial charge in [0.15, 0.2) is 6.19 Å². The highest BCUT2D eigenvalue weighted by molar-refractivity contribution is 5.95. The van der Waals surface area contributed by atoms with E-state index in [0.717, 1.165) is 11.1 Å². The standard InChI is InChI=1S/C10H9N3O/c1-7(2)8-3-9(5-12-4-8)10(14)13-6-11/h3-5H,1H2,2H3,(H,13,14). The van der Waals surface area contributed by atoms with Crippen LogP contribution in [-0.4, -0.2) is 10.9 Å². The van der Waals surface area contributed by atoms with Crippen LogP contribution in [0.5, 0.6) is 0 Å². The van der Waals surface area contributed by atoms with E-state index in [2.05, 4.69) is 11.6 Å². The van der Waals surface area contributed by atoms with Crippen LogP contribution in [0.3, 0.4) is 0 Å². The molecule has 1 amide bonds. The monoisotopic (exact) mass is 187 g/mol. The second-order valence-corrected chi connectivity index (χ2v) is 2.81. The molecule has 4 heteroatoms. The van der Waals surface area contributed by atoms with Crippen molar-refractivity contribution in [1.29, 1.82) is 5.26 Å². The molecule has 0 aliphatic carbocycles. The molecule has 0 saturated carbocycles. The molecule has 14 heavy (non-hydrogen) atoms. The van der Waals surface area contributed by atoms with Gasteiger partial charge in [-0.3, -0.25) is 15.1 Å². The van der Waals surface area contributed by atoms with E-state index in [0.29, 0.717) is 5.56 Å². The Hall–Kier alpha value is -2.15. The van der Waals surface area contributed by atoms with Gasteiger partial charge in [0.1, 0.15) is 0 Å². The molecule has 0 atom stereocenters. The number of pyridine rings is 1. The maximum Gasteiger partial charge on any atom is 0.265 e. The summed E-state index contributed by atoms with van der Waals surface area (Å²) in [5, 5.41) is 10.3. The fraction of sp³-hybridized carbons (Fsp3) is 0.100. The van der Waals surface area contributed by atoms with Gasteiger partial charge in [0, 0.05) is 12.4 Å². The van der Waals surface area contributed by atoms with Gasteiger partial charge in [0.2, 0.25) is 0 Å². The topological polar surface area (TPSA) is 65.8 Å². The van der Waals surface area contributed by atoms with Crippen LogP contribution >= 0.6 is 0 Å². The average Bonchev–Trinajstić information content (AvgIpc) is 2.18. The number of rotatable bonds is 2. The summed E-state index contributed by atoms with van der Waals surface area (Å²) in [4.78, 5) is 15.1. The Morgan fingerprint density at radius 2 is 2.21 bits per heavy atom. The van der Waals surface area contributed by atoms with E-state index < -0.39 is 5.91 Å². The summed E-state index contributed by atoms with van der Waals surface area (Å²) >= 11 is 0. The Labute approximate surface area is 81.9 Å². The van der Waals surface area contributed by atoms with Crippen LogP contribution in [0.2, 0.25) is 0 Å². The van der Waals surface area contributed by atoms with Crippen LogP contribution in [0.25, 0.3) is 5.57 Å². The van der Waals surface area contributed by atoms with Crippen LogP contribution < -0.4 is 5.32 Å². The summed E-state index contributed by atoms with van der Waals surface area (Å²) in [7, 11) is 0. The molecule has 0 spiro atoms. The van der Waals surface area contributed by atoms with Gasteiger partial charge < -0.3 is 0 Å². The third-order valence-electron chi connectivity index (χ3n) is 1.66. The fourth-order valence-electron chi connectivity index (χ4n) is 0.920. The second-order valence-electron chi connectivity index (χ2n) is 2.81. The predicted octanol–water partition coefficient (Wildman–Crippen LogP) is 1.33. The molecule has 0 unspecified atom stereocenters. The normalized spacial score (nSPS) is 8.86. The largest absolute Gasteiger partial charge is 0.268 e. The van der Waals surface area contributed by atoms with Crippen LogP contribution in [0.15, 0.2) is 25.0 Å². The lowest BCUT2D eigenvalue weighted by Gasteiger charge is -2.01. The van der Waals surface area contributed by atoms with E-state index in [1.807, 2.05) is 12.2 Å². The zero-order valence-electron chi connectivity index (χ0n) is 7.74. The maximum absolute atomic E-state index is 11.2. The summed E-state index contributed by atoms with van der Waals surface area (Å²) < 4.78 is 0. The van der Waals surface area contributed by atoms with Gasteiger partial charge >= 0.3 is 0 Å². The molecular weight excluding hydrogens is 178 g/mol. The number of hydrogen-bond acceptors (Lipinski definition) is 3. The van der Waals surface area contributed by atoms with Gasteiger partial charge in [-0.25, -0.2) is 0 Å². The highest BCUT2D eigenvalue weighted by Gasteiger charge is 2.05. The predicted molar refractivity (Wildman–Crippen MR) is 52.0 cm³/mol. The number of hydrogen-bond donors (Lipinski definition) is 1. The Balaban J connectivity index is 3.01. The van der Waals surface area contributed by atoms with Gasteiger partial charge in [-0.2, -0.15) is 5.26 Å². The van der Waals surface area contributed by atoms with Crippen LogP contribution in [0.4, 0.5) is 0 Å². The van der Waals surface area contributed by atoms with Crippen molar-refractivity contribution in [2.45, 2.75) is 6.92 Å². The van der Waals surface area contributed by atoms with Gasteiger partial charge in [-0.05, 0) is 24.1 Å². The molecule has 1 aromatic rings. The van der Waals surface area contributed by atoms with Crippen molar-refractivity contribution in [2.75, 3.05) is 0 Å². The van der Waals surface area contributed by atoms with Crippen LogP contribution in [-0.2, 0) is 0 Å². The first-order chi connectivity index (χ1) is 6.65. The number of allylic oxidation sites excluding steroid dienone is 1. The van der Waals surface area contributed by atoms with Crippen molar-refractivity contribution in [2.24, 2.45) is 0 Å². The molecule has 1 heterocycles. The minimum Gasteiger partial charge on any atom is -0.268 e. The molecule has 0 aromatic carbocycles. The Bertz CT molecular complexity index is 418. The van der Waals surface area contributed by atoms with E-state index in [9.17, 15) is 4.79 Å². The Morgan fingerprint density at radius 1 is 1.57 bits per heavy atom. The summed E-state index contributed by atoms with van der Waals surface area (Å²) in [6.07, 6.45) is 4.58. The zero-order valence-corrected chi connectivity index (χ0v) is 7.74. The van der Waals surface area contributed by atoms with Gasteiger partial charge in [0.05, 0.1) is 5.56 Å². The average molecular weight is 187 g/mol. The van der Waals surface area contributed by atoms with Crippen molar-refractivity contribution in [3.05, 3.63) is 36.2 Å². The smallest absolute Gasteiger partial charge is 0.265 e. The molecule has 0 bridgehead atoms. The highest BCUT2D eigenvalue weighted by atomic mass is 16.1. The highest BCUT2D eigenvalue weighted by Crippen LogP contribution is 2.11. The third kappa shape index (κ3) is 2.17. The number of carbonyl (C=O) groups is 1. The lowest BCUT2D eigenvalue weighted by Crippen LogP contribution is -2.17. The zero-order chi connectivity index (χ0) is 10.6. The summed E-state index contributed by atoms with van der Waals surface area (Å²) in [5.74, 6) is -0.455. The van der Waals surface area contributed by atoms with E-state index in [4.69, 9.17) is 5.26 Å². The Morgan fingerprint density at radius 3 is 2.79 bits per heavy atom. The van der Waals surface area contributed by atoms with E-state index in [1.54, 1.807) is 18.5 Å². The molecule has 70 valence electrons. The number of aromatic nitrogens is 1. The van der Waals surface area contributed by atoms with Crippen molar-refractivity contribution >= 4 is 11.5 Å². The van der Waals surface area contributed by atoms with Gasteiger partial charge in [-0.1, -0.05) is 6.58 Å². The molecule has 0 aliphatic rings. The SMILES string of the molecule is C=C(C)c1cncc(C(=O)NC#N)c1. The van der Waals surface area contributed by atoms with Crippen molar-refractivity contribution in [3.63, 3.8) is 0 Å². The first-order valence-corrected chi connectivity index (χ1v) is 3.95. The quantitative estimate of drug-likeness (QED) is 0.561. The molecule has 1 rings (SSSR count). The third-order valence-corrected chi connectivity index (χ3v) is 1.66. The molecule has 1 aromatic heterocycles. The van der Waals surface area contributed by atoms with Crippen molar-refractivity contribution in [1.82, 2.24) is 10.3 Å². The minimum atomic E-state index is -0.455. The number of nitrogens with one attached hydrogen (secondary N) is 1. The lowest BCUT2D eigenvalue weighted by molar-refractivity contribution is 0.0972. The number of nitrogens with zero attached hydrogens (tertiary/aromatic N) is 2. The molecule has 0 radical (unpaired) electrons. The van der Waals surface area contributed by atoms with Crippen LogP contribution in [0.1, 0.15) is 22.8 Å². The second kappa shape index (κ2) is 4.19. The summed E-state index contributed by atoms with van der Waals surface area (Å²) in [5.41, 5.74) is 1.96. The molecule has 0 fully saturated rings. The van der Waals surface area contributed by atoms with Crippen molar-refractivity contribution < 1.29 is 4.79 Å². The fourth-order valence-corrected chi connectivity index (χ4v) is 0.920. The molecular formula is C10H9N3O. The Kier molecular flexibility index (Phi) is 2.97. The molecule has 1 N–H and O–H groups in total. The van der Waals surface area contributed by atoms with E-state index >= 15 is 0 Å². The number of amides is 1. The molecule has 4 nitrogen and oxygen atoms in total. The lowest BCUT2D eigenvalue weighted by atomic mass is 10.1. The van der Waals surface area contributed by atoms with Crippen LogP contribution in [0, 0.1) is 11.5 Å². The number of carbonyl (C=O) groups excluding carboxylic acids is 1. The molecule has 0 saturated heterocycles. The number of nitriles is 1. The minimum absolute atomic E-state index is 0.354. The van der Waals surface area contributed by atoms with Crippen molar-refractivity contribution in [3.8, 4) is 6.19 Å². The summed E-state index contributed by atoms with van der Waals surface area (Å²) in [6, 6.07) is 1.64. The summed E-state index contributed by atoms with van der Waals surface area (Å²) in [6.45, 7) is 5.56. The van der Waals surface area contributed by atoms with E-state index in [1.165, 1.54) is 6.20 Å². The van der Waals surface area contributed by atoms with Gasteiger partial charge in [0.25, 0.3) is 5.91 Å². The molecule has 0 aliphatic heterocycles. The maximum atomic E-state index is 11.2. The first kappa shape index (κ1) is 9.93. The van der Waals surface area contributed by atoms with E-state index in [-0.39, 0.29) is 0 Å².